The molecule has 3 aromatic rings. The van der Waals surface area contributed by atoms with Crippen LogP contribution in [0.3, 0.4) is 0 Å². The Morgan fingerprint density at radius 3 is 2.14 bits per heavy atom. The number of carbonyl (C=O) groups is 3. The number of hydrogen-bond acceptors (Lipinski definition) is 5. The zero-order valence-electron chi connectivity index (χ0n) is 19.7. The number of benzene rings is 3. The highest BCUT2D eigenvalue weighted by atomic mass is 16.5. The molecule has 0 aliphatic carbocycles. The zero-order chi connectivity index (χ0) is 24.5. The van der Waals surface area contributed by atoms with E-state index in [0.717, 1.165) is 18.8 Å². The van der Waals surface area contributed by atoms with Crippen LogP contribution in [0, 0.1) is 0 Å². The summed E-state index contributed by atoms with van der Waals surface area (Å²) in [4.78, 5) is 41.7. The predicted octanol–water partition coefficient (Wildman–Crippen LogP) is 4.35. The van der Waals surface area contributed by atoms with Crippen molar-refractivity contribution in [2.45, 2.75) is 32.6 Å². The number of morpholine rings is 1. The minimum Gasteiger partial charge on any atom is -0.372 e. The van der Waals surface area contributed by atoms with Crippen molar-refractivity contribution in [2.24, 2.45) is 0 Å². The summed E-state index contributed by atoms with van der Waals surface area (Å²) >= 11 is 0. The molecule has 178 valence electrons. The van der Waals surface area contributed by atoms with Crippen molar-refractivity contribution in [1.29, 1.82) is 0 Å². The predicted molar refractivity (Wildman–Crippen MR) is 134 cm³/mol. The van der Waals surface area contributed by atoms with Crippen LogP contribution in [0.2, 0.25) is 0 Å². The first-order valence-corrected chi connectivity index (χ1v) is 11.7. The molecule has 1 saturated heterocycles. The van der Waals surface area contributed by atoms with Crippen LogP contribution in [0.25, 0.3) is 0 Å². The van der Waals surface area contributed by atoms with E-state index in [1.165, 1.54) is 4.90 Å². The lowest BCUT2D eigenvalue weighted by Gasteiger charge is -2.36. The van der Waals surface area contributed by atoms with Crippen molar-refractivity contribution in [3.8, 4) is 0 Å². The molecule has 0 spiro atoms. The molecule has 7 nitrogen and oxygen atoms in total. The molecule has 1 fully saturated rings. The normalized spacial score (nSPS) is 19.6. The van der Waals surface area contributed by atoms with Crippen molar-refractivity contribution in [3.05, 3.63) is 95.1 Å². The number of hydrogen-bond donors (Lipinski definition) is 1. The Hall–Kier alpha value is -3.97. The molecule has 0 bridgehead atoms. The van der Waals surface area contributed by atoms with E-state index < -0.39 is 0 Å². The maximum Gasteiger partial charge on any atom is 0.261 e. The van der Waals surface area contributed by atoms with Gasteiger partial charge >= 0.3 is 0 Å². The molecule has 0 saturated carbocycles. The average molecular weight is 470 g/mol. The molecule has 0 radical (unpaired) electrons. The molecule has 35 heavy (non-hydrogen) atoms. The van der Waals surface area contributed by atoms with Gasteiger partial charge < -0.3 is 15.0 Å². The topological polar surface area (TPSA) is 79.0 Å². The van der Waals surface area contributed by atoms with Crippen LogP contribution in [0.1, 0.15) is 50.5 Å². The number of nitrogens with one attached hydrogen (secondary N) is 1. The Kier molecular flexibility index (Phi) is 6.09. The van der Waals surface area contributed by atoms with Crippen LogP contribution in [0.15, 0.2) is 72.8 Å². The number of imide groups is 1. The fourth-order valence-electron chi connectivity index (χ4n) is 4.72. The van der Waals surface area contributed by atoms with E-state index in [9.17, 15) is 14.4 Å². The van der Waals surface area contributed by atoms with Gasteiger partial charge in [0.1, 0.15) is 0 Å². The van der Waals surface area contributed by atoms with E-state index in [1.807, 2.05) is 24.3 Å². The molecule has 7 heteroatoms. The highest BCUT2D eigenvalue weighted by Crippen LogP contribution is 2.25. The van der Waals surface area contributed by atoms with Crippen LogP contribution in [0.4, 0.5) is 11.4 Å². The summed E-state index contributed by atoms with van der Waals surface area (Å²) in [6, 6.07) is 21.6. The third-order valence-corrected chi connectivity index (χ3v) is 6.32. The Bertz CT molecular complexity index is 1240. The van der Waals surface area contributed by atoms with Gasteiger partial charge in [0.2, 0.25) is 0 Å². The summed E-state index contributed by atoms with van der Waals surface area (Å²) in [6.45, 7) is 5.91. The lowest BCUT2D eigenvalue weighted by molar-refractivity contribution is -0.00522. The van der Waals surface area contributed by atoms with Crippen molar-refractivity contribution in [3.63, 3.8) is 0 Å². The van der Waals surface area contributed by atoms with E-state index >= 15 is 0 Å². The van der Waals surface area contributed by atoms with Gasteiger partial charge in [-0.25, -0.2) is 0 Å². The highest BCUT2D eigenvalue weighted by molar-refractivity contribution is 6.21. The van der Waals surface area contributed by atoms with E-state index in [0.29, 0.717) is 27.9 Å². The molecule has 1 N–H and O–H groups in total. The fraction of sp³-hybridized carbons (Fsp3) is 0.250. The number of nitrogens with zero attached hydrogens (tertiary/aromatic N) is 2. The van der Waals surface area contributed by atoms with Gasteiger partial charge in [-0.05, 0) is 67.9 Å². The summed E-state index contributed by atoms with van der Waals surface area (Å²) < 4.78 is 5.80. The highest BCUT2D eigenvalue weighted by Gasteiger charge is 2.35. The molecule has 2 unspecified atom stereocenters. The van der Waals surface area contributed by atoms with Gasteiger partial charge in [-0.1, -0.05) is 24.3 Å². The molecule has 2 heterocycles. The van der Waals surface area contributed by atoms with Gasteiger partial charge in [0, 0.05) is 30.0 Å². The minimum atomic E-state index is -0.315. The van der Waals surface area contributed by atoms with Crippen LogP contribution in [-0.4, -0.2) is 47.9 Å². The summed E-state index contributed by atoms with van der Waals surface area (Å²) in [6.07, 6.45) is 0.344. The zero-order valence-corrected chi connectivity index (χ0v) is 19.7. The van der Waals surface area contributed by atoms with Crippen LogP contribution < -0.4 is 10.2 Å². The third kappa shape index (κ3) is 4.68. The van der Waals surface area contributed by atoms with Gasteiger partial charge in [-0.15, -0.1) is 0 Å². The van der Waals surface area contributed by atoms with Crippen molar-refractivity contribution >= 4 is 29.1 Å². The molecular formula is C28H27N3O4. The number of anilines is 2. The molecule has 2 aliphatic rings. The molecule has 2 aliphatic heterocycles. The number of fused-ring (bicyclic) bond motifs is 1. The lowest BCUT2D eigenvalue weighted by Crippen LogP contribution is -2.45. The van der Waals surface area contributed by atoms with E-state index in [-0.39, 0.29) is 36.5 Å². The Morgan fingerprint density at radius 1 is 0.886 bits per heavy atom. The maximum atomic E-state index is 12.9. The van der Waals surface area contributed by atoms with Gasteiger partial charge in [0.15, 0.2) is 0 Å². The summed E-state index contributed by atoms with van der Waals surface area (Å²) in [5.41, 5.74) is 3.77. The maximum absolute atomic E-state index is 12.9. The standard InChI is InChI=1S/C28H27N3O4/c1-18-15-30(16-19(2)35-18)23-12-10-22(11-13-23)29-26(32)21-7-5-6-20(14-21)17-31-27(33)24-8-3-4-9-25(24)28(31)34/h3-14,18-19H,15-17H2,1-2H3,(H,29,32). The number of carbonyl (C=O) groups excluding carboxylic acids is 3. The van der Waals surface area contributed by atoms with Crippen LogP contribution in [0.5, 0.6) is 0 Å². The van der Waals surface area contributed by atoms with Gasteiger partial charge in [0.25, 0.3) is 17.7 Å². The Labute approximate surface area is 204 Å². The second kappa shape index (κ2) is 9.35. The van der Waals surface area contributed by atoms with Crippen molar-refractivity contribution in [1.82, 2.24) is 4.90 Å². The van der Waals surface area contributed by atoms with Crippen LogP contribution >= 0.6 is 0 Å². The third-order valence-electron chi connectivity index (χ3n) is 6.32. The molecular weight excluding hydrogens is 442 g/mol. The number of rotatable bonds is 5. The van der Waals surface area contributed by atoms with Gasteiger partial charge in [0.05, 0.1) is 29.9 Å². The van der Waals surface area contributed by atoms with Crippen molar-refractivity contribution < 1.29 is 19.1 Å². The quantitative estimate of drug-likeness (QED) is 0.562. The minimum absolute atomic E-state index is 0.110. The monoisotopic (exact) mass is 469 g/mol. The molecule has 2 atom stereocenters. The molecule has 0 aromatic heterocycles. The van der Waals surface area contributed by atoms with Crippen molar-refractivity contribution in [2.75, 3.05) is 23.3 Å². The molecule has 3 aromatic carbocycles. The number of ether oxygens (including phenoxy) is 1. The summed E-state index contributed by atoms with van der Waals surface area (Å²) in [5.74, 6) is -0.884. The second-order valence-electron chi connectivity index (χ2n) is 9.11. The summed E-state index contributed by atoms with van der Waals surface area (Å²) in [5, 5.41) is 2.93. The van der Waals surface area contributed by atoms with E-state index in [1.54, 1.807) is 48.5 Å². The largest absolute Gasteiger partial charge is 0.372 e. The van der Waals surface area contributed by atoms with Gasteiger partial charge in [-0.2, -0.15) is 0 Å². The Balaban J connectivity index is 1.25. The van der Waals surface area contributed by atoms with E-state index in [2.05, 4.69) is 24.1 Å². The lowest BCUT2D eigenvalue weighted by atomic mass is 10.1. The molecule has 5 rings (SSSR count). The van der Waals surface area contributed by atoms with E-state index in [4.69, 9.17) is 4.74 Å². The Morgan fingerprint density at radius 2 is 1.51 bits per heavy atom. The first-order chi connectivity index (χ1) is 16.9. The van der Waals surface area contributed by atoms with Gasteiger partial charge in [-0.3, -0.25) is 19.3 Å². The van der Waals surface area contributed by atoms with Crippen LogP contribution in [-0.2, 0) is 11.3 Å². The first kappa shape index (κ1) is 22.8. The average Bonchev–Trinajstić information content (AvgIpc) is 3.09. The first-order valence-electron chi connectivity index (χ1n) is 11.7. The fourth-order valence-corrected chi connectivity index (χ4v) is 4.72. The SMILES string of the molecule is CC1CN(c2ccc(NC(=O)c3cccc(CN4C(=O)c5ccccc5C4=O)c3)cc2)CC(C)O1. The smallest absolute Gasteiger partial charge is 0.261 e. The molecule has 3 amide bonds. The summed E-state index contributed by atoms with van der Waals surface area (Å²) in [7, 11) is 0. The number of amides is 3. The second-order valence-corrected chi connectivity index (χ2v) is 9.11.